The van der Waals surface area contributed by atoms with E-state index in [1.54, 1.807) is 16.7 Å². The summed E-state index contributed by atoms with van der Waals surface area (Å²) >= 11 is 0. The maximum atomic E-state index is 13.2. The average molecular weight is 479 g/mol. The second-order valence-corrected chi connectivity index (χ2v) is 9.02. The molecule has 1 atom stereocenters. The number of aryl methyl sites for hydroxylation is 1. The first kappa shape index (κ1) is 24.6. The normalized spacial score (nSPS) is 15.3. The van der Waals surface area contributed by atoms with Gasteiger partial charge in [0.1, 0.15) is 17.2 Å². The van der Waals surface area contributed by atoms with Crippen LogP contribution in [0.15, 0.2) is 54.6 Å². The highest BCUT2D eigenvalue weighted by atomic mass is 16.5. The summed E-state index contributed by atoms with van der Waals surface area (Å²) in [4.78, 5) is 15.0. The fourth-order valence-corrected chi connectivity index (χ4v) is 4.19. The number of hydrogen-bond donors (Lipinski definition) is 1. The number of aromatic nitrogens is 2. The van der Waals surface area contributed by atoms with Crippen molar-refractivity contribution in [3.05, 3.63) is 60.2 Å². The van der Waals surface area contributed by atoms with Crippen LogP contribution in [0.5, 0.6) is 17.4 Å². The largest absolute Gasteiger partial charge is 0.497 e. The second-order valence-electron chi connectivity index (χ2n) is 9.02. The first-order chi connectivity index (χ1) is 16.9. The zero-order chi connectivity index (χ0) is 24.8. The Bertz CT molecular complexity index is 1110. The summed E-state index contributed by atoms with van der Waals surface area (Å²) in [5.74, 6) is 2.00. The molecule has 1 aromatic heterocycles. The fourth-order valence-electron chi connectivity index (χ4n) is 4.19. The molecule has 8 heteroatoms. The minimum atomic E-state index is -0.131. The number of rotatable bonds is 9. The third-order valence-corrected chi connectivity index (χ3v) is 5.91. The van der Waals surface area contributed by atoms with E-state index in [9.17, 15) is 4.79 Å². The van der Waals surface area contributed by atoms with E-state index < -0.39 is 0 Å². The molecule has 0 spiro atoms. The zero-order valence-corrected chi connectivity index (χ0v) is 20.9. The molecular formula is C27H34N4O4. The van der Waals surface area contributed by atoms with Crippen molar-refractivity contribution >= 4 is 6.03 Å². The van der Waals surface area contributed by atoms with Crippen LogP contribution >= 0.6 is 0 Å². The number of hydrogen-bond acceptors (Lipinski definition) is 5. The Morgan fingerprint density at radius 1 is 1.17 bits per heavy atom. The Kier molecular flexibility index (Phi) is 7.92. The van der Waals surface area contributed by atoms with E-state index in [-0.39, 0.29) is 18.2 Å². The van der Waals surface area contributed by atoms with Crippen LogP contribution < -0.4 is 14.8 Å². The molecule has 1 fully saturated rings. The molecule has 1 aliphatic rings. The van der Waals surface area contributed by atoms with Gasteiger partial charge in [-0.2, -0.15) is 5.10 Å². The molecule has 0 saturated carbocycles. The summed E-state index contributed by atoms with van der Waals surface area (Å²) in [6.07, 6.45) is 1.98. The molecule has 0 aliphatic carbocycles. The minimum Gasteiger partial charge on any atom is -0.497 e. The van der Waals surface area contributed by atoms with Gasteiger partial charge in [0.05, 0.1) is 25.3 Å². The van der Waals surface area contributed by atoms with Crippen molar-refractivity contribution < 1.29 is 19.0 Å². The topological polar surface area (TPSA) is 77.8 Å². The van der Waals surface area contributed by atoms with Gasteiger partial charge in [-0.25, -0.2) is 9.48 Å². The Morgan fingerprint density at radius 2 is 1.89 bits per heavy atom. The van der Waals surface area contributed by atoms with Crippen molar-refractivity contribution in [3.63, 3.8) is 0 Å². The number of carbonyl (C=O) groups is 1. The first-order valence-corrected chi connectivity index (χ1v) is 12.0. The summed E-state index contributed by atoms with van der Waals surface area (Å²) in [7, 11) is 3.49. The monoisotopic (exact) mass is 478 g/mol. The third-order valence-electron chi connectivity index (χ3n) is 5.91. The third kappa shape index (κ3) is 6.14. The molecule has 4 rings (SSSR count). The lowest BCUT2D eigenvalue weighted by Gasteiger charge is -2.27. The van der Waals surface area contributed by atoms with Crippen LogP contribution in [0.3, 0.4) is 0 Å². The van der Waals surface area contributed by atoms with Crippen LogP contribution in [0.2, 0.25) is 0 Å². The molecule has 8 nitrogen and oxygen atoms in total. The van der Waals surface area contributed by atoms with Crippen LogP contribution in [-0.2, 0) is 18.3 Å². The molecule has 0 radical (unpaired) electrons. The fraction of sp³-hybridized carbons (Fsp3) is 0.407. The quantitative estimate of drug-likeness (QED) is 0.469. The number of urea groups is 1. The number of benzene rings is 2. The van der Waals surface area contributed by atoms with E-state index in [0.717, 1.165) is 42.0 Å². The lowest BCUT2D eigenvalue weighted by Crippen LogP contribution is -2.45. The number of amides is 2. The van der Waals surface area contributed by atoms with Crippen LogP contribution in [0, 0.1) is 0 Å². The predicted molar refractivity (Wildman–Crippen MR) is 135 cm³/mol. The van der Waals surface area contributed by atoms with E-state index in [2.05, 4.69) is 5.32 Å². The molecule has 0 unspecified atom stereocenters. The lowest BCUT2D eigenvalue weighted by molar-refractivity contribution is 0.0789. The van der Waals surface area contributed by atoms with Gasteiger partial charge in [0, 0.05) is 31.8 Å². The molecule has 0 bridgehead atoms. The van der Waals surface area contributed by atoms with Crippen molar-refractivity contribution in [3.8, 4) is 28.6 Å². The molecule has 1 saturated heterocycles. The van der Waals surface area contributed by atoms with E-state index in [1.807, 2.05) is 75.5 Å². The number of nitrogens with one attached hydrogen (secondary N) is 1. The highest BCUT2D eigenvalue weighted by Gasteiger charge is 2.28. The molecular weight excluding hydrogens is 444 g/mol. The summed E-state index contributed by atoms with van der Waals surface area (Å²) in [6, 6.07) is 17.3. The molecule has 2 heterocycles. The molecule has 2 amide bonds. The molecule has 3 aromatic rings. The number of carbonyl (C=O) groups excluding carboxylic acids is 1. The van der Waals surface area contributed by atoms with E-state index in [4.69, 9.17) is 19.3 Å². The maximum absolute atomic E-state index is 13.2. The van der Waals surface area contributed by atoms with Crippen LogP contribution in [0.4, 0.5) is 4.79 Å². The lowest BCUT2D eigenvalue weighted by atomic mass is 10.1. The molecule has 1 aliphatic heterocycles. The second kappa shape index (κ2) is 11.3. The van der Waals surface area contributed by atoms with Crippen LogP contribution in [0.1, 0.15) is 32.3 Å². The van der Waals surface area contributed by atoms with Gasteiger partial charge in [-0.1, -0.05) is 30.3 Å². The first-order valence-electron chi connectivity index (χ1n) is 12.0. The highest BCUT2D eigenvalue weighted by molar-refractivity contribution is 5.75. The predicted octanol–water partition coefficient (Wildman–Crippen LogP) is 4.99. The standard InChI is InChI=1S/C27H34N4O4/c1-19(2)28-27(32)31(17-23-11-8-16-34-23)18-24-25(20-9-6-5-7-10-20)29-30(3)26(24)35-22-14-12-21(33-4)13-15-22/h5-7,9-10,12-15,19,23H,8,11,16-18H2,1-4H3,(H,28,32)/t23-/m0/s1. The van der Waals surface area contributed by atoms with E-state index in [1.165, 1.54) is 0 Å². The number of ether oxygens (including phenoxy) is 3. The minimum absolute atomic E-state index is 0.0204. The summed E-state index contributed by atoms with van der Waals surface area (Å²) in [6.45, 7) is 5.49. The molecule has 2 aromatic carbocycles. The Hall–Kier alpha value is -3.52. The number of methoxy groups -OCH3 is 1. The van der Waals surface area contributed by atoms with Crippen LogP contribution in [-0.4, -0.2) is 53.1 Å². The van der Waals surface area contributed by atoms with Gasteiger partial charge >= 0.3 is 6.03 Å². The van der Waals surface area contributed by atoms with Gasteiger partial charge in [-0.3, -0.25) is 0 Å². The van der Waals surface area contributed by atoms with Crippen LogP contribution in [0.25, 0.3) is 11.3 Å². The van der Waals surface area contributed by atoms with Crippen molar-refractivity contribution in [1.82, 2.24) is 20.0 Å². The Balaban J connectivity index is 1.71. The van der Waals surface area contributed by atoms with E-state index in [0.29, 0.717) is 24.7 Å². The highest BCUT2D eigenvalue weighted by Crippen LogP contribution is 2.35. The van der Waals surface area contributed by atoms with Crippen molar-refractivity contribution in [2.24, 2.45) is 7.05 Å². The van der Waals surface area contributed by atoms with Gasteiger partial charge in [-0.15, -0.1) is 0 Å². The van der Waals surface area contributed by atoms with Gasteiger partial charge in [-0.05, 0) is 51.0 Å². The van der Waals surface area contributed by atoms with Gasteiger partial charge in [0.25, 0.3) is 0 Å². The number of nitrogens with zero attached hydrogens (tertiary/aromatic N) is 3. The molecule has 186 valence electrons. The maximum Gasteiger partial charge on any atom is 0.317 e. The van der Waals surface area contributed by atoms with Crippen molar-refractivity contribution in [2.45, 2.75) is 45.4 Å². The Labute approximate surface area is 206 Å². The molecule has 35 heavy (non-hydrogen) atoms. The Morgan fingerprint density at radius 3 is 2.51 bits per heavy atom. The summed E-state index contributed by atoms with van der Waals surface area (Å²) in [5.41, 5.74) is 2.58. The summed E-state index contributed by atoms with van der Waals surface area (Å²) in [5, 5.41) is 7.83. The SMILES string of the molecule is COc1ccc(Oc2c(CN(C[C@@H]3CCCO3)C(=O)NC(C)C)c(-c3ccccc3)nn2C)cc1. The van der Waals surface area contributed by atoms with Gasteiger partial charge < -0.3 is 24.4 Å². The zero-order valence-electron chi connectivity index (χ0n) is 20.9. The van der Waals surface area contributed by atoms with Gasteiger partial charge in [0.15, 0.2) is 0 Å². The molecule has 1 N–H and O–H groups in total. The van der Waals surface area contributed by atoms with Crippen molar-refractivity contribution in [1.29, 1.82) is 0 Å². The van der Waals surface area contributed by atoms with Crippen molar-refractivity contribution in [2.75, 3.05) is 20.3 Å². The van der Waals surface area contributed by atoms with E-state index >= 15 is 0 Å². The average Bonchev–Trinajstić information content (AvgIpc) is 3.48. The summed E-state index contributed by atoms with van der Waals surface area (Å²) < 4.78 is 19.2. The smallest absolute Gasteiger partial charge is 0.317 e. The van der Waals surface area contributed by atoms with Gasteiger partial charge in [0.2, 0.25) is 5.88 Å².